The molecule has 2 rings (SSSR count). The Morgan fingerprint density at radius 3 is 2.57 bits per heavy atom. The zero-order chi connectivity index (χ0) is 17.3. The van der Waals surface area contributed by atoms with E-state index >= 15 is 0 Å². The Hall–Kier alpha value is -1.77. The van der Waals surface area contributed by atoms with Gasteiger partial charge >= 0.3 is 6.18 Å². The molecule has 1 atom stereocenters. The second-order valence-electron chi connectivity index (χ2n) is 5.73. The number of para-hydroxylation sites is 1. The molecule has 1 amide bonds. The van der Waals surface area contributed by atoms with Crippen molar-refractivity contribution in [2.45, 2.75) is 25.1 Å². The van der Waals surface area contributed by atoms with Crippen LogP contribution >= 0.6 is 0 Å². The molecular formula is C14H16F3NO4S. The number of rotatable bonds is 4. The van der Waals surface area contributed by atoms with E-state index in [4.69, 9.17) is 4.74 Å². The molecule has 0 radical (unpaired) electrons. The third kappa shape index (κ3) is 4.60. The molecule has 0 saturated carbocycles. The molecule has 0 spiro atoms. The second-order valence-corrected chi connectivity index (χ2v) is 7.92. The zero-order valence-corrected chi connectivity index (χ0v) is 13.1. The lowest BCUT2D eigenvalue weighted by Crippen LogP contribution is -2.48. The summed E-state index contributed by atoms with van der Waals surface area (Å²) < 4.78 is 66.3. The van der Waals surface area contributed by atoms with Gasteiger partial charge in [-0.25, -0.2) is 8.42 Å². The molecule has 1 N–H and O–H groups in total. The Morgan fingerprint density at radius 2 is 2.00 bits per heavy atom. The highest BCUT2D eigenvalue weighted by Gasteiger charge is 2.39. The van der Waals surface area contributed by atoms with E-state index in [9.17, 15) is 26.4 Å². The Balaban J connectivity index is 1.98. The van der Waals surface area contributed by atoms with E-state index in [1.165, 1.54) is 12.1 Å². The van der Waals surface area contributed by atoms with Gasteiger partial charge in [0.1, 0.15) is 5.75 Å². The summed E-state index contributed by atoms with van der Waals surface area (Å²) in [5.74, 6) is -1.33. The minimum absolute atomic E-state index is 0.0262. The van der Waals surface area contributed by atoms with E-state index in [-0.39, 0.29) is 17.9 Å². The quantitative estimate of drug-likeness (QED) is 0.898. The fourth-order valence-corrected chi connectivity index (χ4v) is 4.54. The van der Waals surface area contributed by atoms with Gasteiger partial charge in [0, 0.05) is 0 Å². The molecule has 1 unspecified atom stereocenters. The van der Waals surface area contributed by atoms with Crippen molar-refractivity contribution >= 4 is 15.7 Å². The van der Waals surface area contributed by atoms with Crippen molar-refractivity contribution in [3.8, 4) is 5.75 Å². The maximum absolute atomic E-state index is 12.8. The van der Waals surface area contributed by atoms with Gasteiger partial charge in [-0.1, -0.05) is 12.1 Å². The molecule has 1 aromatic carbocycles. The number of halogens is 3. The van der Waals surface area contributed by atoms with Crippen LogP contribution in [-0.2, 0) is 20.8 Å². The molecule has 9 heteroatoms. The highest BCUT2D eigenvalue weighted by molar-refractivity contribution is 7.91. The summed E-state index contributed by atoms with van der Waals surface area (Å²) in [4.78, 5) is 11.8. The lowest BCUT2D eigenvalue weighted by molar-refractivity contribution is -0.139. The van der Waals surface area contributed by atoms with Gasteiger partial charge in [-0.15, -0.1) is 0 Å². The first kappa shape index (κ1) is 17.6. The molecule has 1 aliphatic heterocycles. The average Bonchev–Trinajstić information content (AvgIpc) is 2.69. The molecule has 0 bridgehead atoms. The van der Waals surface area contributed by atoms with Crippen molar-refractivity contribution in [1.82, 2.24) is 5.32 Å². The van der Waals surface area contributed by atoms with Gasteiger partial charge in [0.2, 0.25) is 0 Å². The summed E-state index contributed by atoms with van der Waals surface area (Å²) in [5, 5.41) is 2.51. The van der Waals surface area contributed by atoms with Crippen molar-refractivity contribution < 1.29 is 31.1 Å². The summed E-state index contributed by atoms with van der Waals surface area (Å²) in [6.45, 7) is 0.960. The highest BCUT2D eigenvalue weighted by atomic mass is 32.2. The van der Waals surface area contributed by atoms with Gasteiger partial charge in [0.05, 0.1) is 22.6 Å². The smallest absolute Gasteiger partial charge is 0.419 e. The third-order valence-corrected chi connectivity index (χ3v) is 5.40. The van der Waals surface area contributed by atoms with E-state index in [0.29, 0.717) is 0 Å². The molecule has 128 valence electrons. The van der Waals surface area contributed by atoms with Crippen LogP contribution in [0.2, 0.25) is 0 Å². The normalized spacial score (nSPS) is 23.5. The molecule has 0 aliphatic carbocycles. The van der Waals surface area contributed by atoms with E-state index in [0.717, 1.165) is 12.1 Å². The highest BCUT2D eigenvalue weighted by Crippen LogP contribution is 2.35. The number of carbonyl (C=O) groups is 1. The molecule has 1 saturated heterocycles. The average molecular weight is 351 g/mol. The lowest BCUT2D eigenvalue weighted by atomic mass is 10.0. The molecule has 5 nitrogen and oxygen atoms in total. The number of ether oxygens (including phenoxy) is 1. The van der Waals surface area contributed by atoms with Crippen molar-refractivity contribution in [2.75, 3.05) is 18.1 Å². The van der Waals surface area contributed by atoms with Crippen LogP contribution in [-0.4, -0.2) is 38.0 Å². The first-order valence-electron chi connectivity index (χ1n) is 6.81. The van der Waals surface area contributed by atoms with Crippen molar-refractivity contribution in [3.05, 3.63) is 29.8 Å². The number of alkyl halides is 3. The van der Waals surface area contributed by atoms with Crippen LogP contribution in [0.4, 0.5) is 13.2 Å². The van der Waals surface area contributed by atoms with Gasteiger partial charge in [0.15, 0.2) is 16.4 Å². The van der Waals surface area contributed by atoms with E-state index in [1.54, 1.807) is 6.92 Å². The van der Waals surface area contributed by atoms with Crippen molar-refractivity contribution in [3.63, 3.8) is 0 Å². The Bertz CT molecular complexity index is 702. The molecule has 0 aromatic heterocycles. The number of benzene rings is 1. The molecule has 23 heavy (non-hydrogen) atoms. The van der Waals surface area contributed by atoms with Crippen molar-refractivity contribution in [2.24, 2.45) is 0 Å². The van der Waals surface area contributed by atoms with Gasteiger partial charge in [-0.3, -0.25) is 4.79 Å². The molecule has 1 heterocycles. The maximum atomic E-state index is 12.8. The van der Waals surface area contributed by atoms with Gasteiger partial charge < -0.3 is 10.1 Å². The Kier molecular flexibility index (Phi) is 4.61. The molecule has 1 aromatic rings. The summed E-state index contributed by atoms with van der Waals surface area (Å²) in [5.41, 5.74) is -1.88. The second kappa shape index (κ2) is 6.03. The first-order chi connectivity index (χ1) is 10.5. The summed E-state index contributed by atoms with van der Waals surface area (Å²) >= 11 is 0. The number of carbonyl (C=O) groups excluding carboxylic acids is 1. The monoisotopic (exact) mass is 351 g/mol. The van der Waals surface area contributed by atoms with Crippen LogP contribution in [0.1, 0.15) is 18.9 Å². The first-order valence-corrected chi connectivity index (χ1v) is 8.63. The maximum Gasteiger partial charge on any atom is 0.419 e. The summed E-state index contributed by atoms with van der Waals surface area (Å²) in [6, 6.07) is 4.57. The SMILES string of the molecule is CC1(NC(=O)COc2ccccc2C(F)(F)F)CCS(=O)(=O)C1. The topological polar surface area (TPSA) is 72.5 Å². The molecule has 1 aliphatic rings. The number of hydrogen-bond donors (Lipinski definition) is 1. The fraction of sp³-hybridized carbons (Fsp3) is 0.500. The van der Waals surface area contributed by atoms with Crippen LogP contribution in [0, 0.1) is 0 Å². The zero-order valence-electron chi connectivity index (χ0n) is 12.3. The standard InChI is InChI=1S/C14H16F3NO4S/c1-13(6-7-23(20,21)9-13)18-12(19)8-22-11-5-3-2-4-10(11)14(15,16)17/h2-5H,6-9H2,1H3,(H,18,19). The number of hydrogen-bond acceptors (Lipinski definition) is 4. The Labute approximate surface area is 131 Å². The van der Waals surface area contributed by atoms with E-state index < -0.39 is 45.4 Å². The Morgan fingerprint density at radius 1 is 1.35 bits per heavy atom. The van der Waals surface area contributed by atoms with E-state index in [2.05, 4.69) is 5.32 Å². The molecular weight excluding hydrogens is 335 g/mol. The number of sulfone groups is 1. The minimum Gasteiger partial charge on any atom is -0.483 e. The van der Waals surface area contributed by atoms with Crippen molar-refractivity contribution in [1.29, 1.82) is 0 Å². The molecule has 1 fully saturated rings. The lowest BCUT2D eigenvalue weighted by Gasteiger charge is -2.24. The number of nitrogens with one attached hydrogen (secondary N) is 1. The van der Waals surface area contributed by atoms with Crippen LogP contribution < -0.4 is 10.1 Å². The predicted molar refractivity (Wildman–Crippen MR) is 76.8 cm³/mol. The summed E-state index contributed by atoms with van der Waals surface area (Å²) in [6.07, 6.45) is -4.32. The van der Waals surface area contributed by atoms with Crippen LogP contribution in [0.25, 0.3) is 0 Å². The van der Waals surface area contributed by atoms with Gasteiger partial charge in [-0.2, -0.15) is 13.2 Å². The predicted octanol–water partition coefficient (Wildman–Crippen LogP) is 1.78. The van der Waals surface area contributed by atoms with Crippen LogP contribution in [0.5, 0.6) is 5.75 Å². The summed E-state index contributed by atoms with van der Waals surface area (Å²) in [7, 11) is -3.20. The van der Waals surface area contributed by atoms with Gasteiger partial charge in [-0.05, 0) is 25.5 Å². The van der Waals surface area contributed by atoms with E-state index in [1.807, 2.05) is 0 Å². The largest absolute Gasteiger partial charge is 0.483 e. The van der Waals surface area contributed by atoms with Gasteiger partial charge in [0.25, 0.3) is 5.91 Å². The van der Waals surface area contributed by atoms with Crippen LogP contribution in [0.15, 0.2) is 24.3 Å². The minimum atomic E-state index is -4.58. The third-order valence-electron chi connectivity index (χ3n) is 3.50. The fourth-order valence-electron chi connectivity index (χ4n) is 2.45. The number of amides is 1. The van der Waals surface area contributed by atoms with Crippen LogP contribution in [0.3, 0.4) is 0 Å².